The Labute approximate surface area is 144 Å². The van der Waals surface area contributed by atoms with Crippen molar-refractivity contribution < 1.29 is 9.21 Å². The summed E-state index contributed by atoms with van der Waals surface area (Å²) in [4.78, 5) is 24.1. The third kappa shape index (κ3) is 3.34. The number of amides is 1. The van der Waals surface area contributed by atoms with E-state index in [9.17, 15) is 9.59 Å². The van der Waals surface area contributed by atoms with Crippen LogP contribution in [-0.2, 0) is 11.2 Å². The molecule has 0 aliphatic rings. The number of nitrogens with one attached hydrogen (secondary N) is 1. The Kier molecular flexibility index (Phi) is 4.40. The van der Waals surface area contributed by atoms with Crippen molar-refractivity contribution in [1.82, 2.24) is 0 Å². The normalized spacial score (nSPS) is 10.8. The number of aryl methyl sites for hydroxylation is 1. The first-order valence-corrected chi connectivity index (χ1v) is 7.90. The highest BCUT2D eigenvalue weighted by Crippen LogP contribution is 2.24. The van der Waals surface area contributed by atoms with Gasteiger partial charge in [-0.2, -0.15) is 0 Å². The maximum absolute atomic E-state index is 12.4. The van der Waals surface area contributed by atoms with Crippen LogP contribution in [0.2, 0.25) is 5.02 Å². The van der Waals surface area contributed by atoms with E-state index < -0.39 is 5.63 Å². The minimum absolute atomic E-state index is 0.0805. The minimum Gasteiger partial charge on any atom is -0.423 e. The fourth-order valence-electron chi connectivity index (χ4n) is 2.59. The molecule has 0 aliphatic carbocycles. The summed E-state index contributed by atoms with van der Waals surface area (Å²) in [6, 6.07) is 12.3. The van der Waals surface area contributed by atoms with Crippen molar-refractivity contribution in [3.05, 3.63) is 74.6 Å². The van der Waals surface area contributed by atoms with Crippen molar-refractivity contribution >= 4 is 34.2 Å². The third-order valence-corrected chi connectivity index (χ3v) is 4.29. The summed E-state index contributed by atoms with van der Waals surface area (Å²) < 4.78 is 5.21. The average Bonchev–Trinajstić information content (AvgIpc) is 2.51. The molecule has 5 heteroatoms. The van der Waals surface area contributed by atoms with Crippen molar-refractivity contribution in [1.29, 1.82) is 0 Å². The van der Waals surface area contributed by atoms with Gasteiger partial charge in [-0.3, -0.25) is 4.79 Å². The number of hydrogen-bond acceptors (Lipinski definition) is 3. The van der Waals surface area contributed by atoms with Gasteiger partial charge in [0.15, 0.2) is 0 Å². The molecule has 0 atom stereocenters. The smallest absolute Gasteiger partial charge is 0.336 e. The number of carbonyl (C=O) groups is 1. The van der Waals surface area contributed by atoms with Crippen molar-refractivity contribution in [2.24, 2.45) is 0 Å². The van der Waals surface area contributed by atoms with Gasteiger partial charge in [0.1, 0.15) is 5.58 Å². The molecule has 1 heterocycles. The lowest BCUT2D eigenvalue weighted by Gasteiger charge is -2.10. The van der Waals surface area contributed by atoms with Gasteiger partial charge in [-0.25, -0.2) is 4.79 Å². The molecular formula is C19H16ClNO3. The molecule has 0 saturated carbocycles. The molecule has 122 valence electrons. The van der Waals surface area contributed by atoms with E-state index in [-0.39, 0.29) is 12.3 Å². The quantitative estimate of drug-likeness (QED) is 0.725. The molecule has 3 aromatic rings. The molecular weight excluding hydrogens is 326 g/mol. The highest BCUT2D eigenvalue weighted by molar-refractivity contribution is 6.31. The number of carbonyl (C=O) groups excluding carboxylic acids is 1. The van der Waals surface area contributed by atoms with Crippen LogP contribution >= 0.6 is 11.6 Å². The SMILES string of the molecule is Cc1ccc2c(CC(=O)Nc3cccc(Cl)c3C)cc(=O)oc2c1. The highest BCUT2D eigenvalue weighted by Gasteiger charge is 2.12. The second-order valence-corrected chi connectivity index (χ2v) is 6.13. The number of anilines is 1. The zero-order valence-corrected chi connectivity index (χ0v) is 14.1. The van der Waals surface area contributed by atoms with E-state index in [2.05, 4.69) is 5.32 Å². The summed E-state index contributed by atoms with van der Waals surface area (Å²) in [6.45, 7) is 3.76. The third-order valence-electron chi connectivity index (χ3n) is 3.88. The first-order chi connectivity index (χ1) is 11.4. The predicted molar refractivity (Wildman–Crippen MR) is 95.7 cm³/mol. The van der Waals surface area contributed by atoms with Crippen LogP contribution in [0.5, 0.6) is 0 Å². The molecule has 0 radical (unpaired) electrons. The summed E-state index contributed by atoms with van der Waals surface area (Å²) in [6.07, 6.45) is 0.0805. The summed E-state index contributed by atoms with van der Waals surface area (Å²) in [5.74, 6) is -0.215. The zero-order valence-electron chi connectivity index (χ0n) is 13.4. The van der Waals surface area contributed by atoms with Gasteiger partial charge in [-0.15, -0.1) is 0 Å². The Hall–Kier alpha value is -2.59. The minimum atomic E-state index is -0.463. The average molecular weight is 342 g/mol. The fraction of sp³-hybridized carbons (Fsp3) is 0.158. The highest BCUT2D eigenvalue weighted by atomic mass is 35.5. The molecule has 1 amide bonds. The van der Waals surface area contributed by atoms with E-state index in [0.29, 0.717) is 21.9 Å². The van der Waals surface area contributed by atoms with Crippen LogP contribution in [-0.4, -0.2) is 5.91 Å². The van der Waals surface area contributed by atoms with Crippen LogP contribution in [0.1, 0.15) is 16.7 Å². The monoisotopic (exact) mass is 341 g/mol. The van der Waals surface area contributed by atoms with Gasteiger partial charge in [0.25, 0.3) is 0 Å². The zero-order chi connectivity index (χ0) is 17.3. The van der Waals surface area contributed by atoms with Gasteiger partial charge in [0, 0.05) is 22.2 Å². The Balaban J connectivity index is 1.91. The van der Waals surface area contributed by atoms with Crippen molar-refractivity contribution in [3.63, 3.8) is 0 Å². The number of benzene rings is 2. The first kappa shape index (κ1) is 16.3. The van der Waals surface area contributed by atoms with E-state index in [0.717, 1.165) is 16.5 Å². The first-order valence-electron chi connectivity index (χ1n) is 7.52. The molecule has 1 N–H and O–H groups in total. The lowest BCUT2D eigenvalue weighted by molar-refractivity contribution is -0.115. The van der Waals surface area contributed by atoms with E-state index in [1.807, 2.05) is 26.0 Å². The topological polar surface area (TPSA) is 59.3 Å². The maximum Gasteiger partial charge on any atom is 0.336 e. The van der Waals surface area contributed by atoms with Gasteiger partial charge >= 0.3 is 5.63 Å². The van der Waals surface area contributed by atoms with Gasteiger partial charge in [-0.1, -0.05) is 29.8 Å². The van der Waals surface area contributed by atoms with Crippen LogP contribution in [0, 0.1) is 13.8 Å². The van der Waals surface area contributed by atoms with E-state index in [4.69, 9.17) is 16.0 Å². The summed E-state index contributed by atoms with van der Waals surface area (Å²) in [5.41, 5.74) is 3.12. The van der Waals surface area contributed by atoms with E-state index in [1.54, 1.807) is 24.3 Å². The molecule has 0 fully saturated rings. The van der Waals surface area contributed by atoms with Crippen molar-refractivity contribution in [2.75, 3.05) is 5.32 Å². The largest absolute Gasteiger partial charge is 0.423 e. The predicted octanol–water partition coefficient (Wildman–Crippen LogP) is 4.24. The molecule has 0 aliphatic heterocycles. The Morgan fingerprint density at radius 2 is 1.96 bits per heavy atom. The molecule has 24 heavy (non-hydrogen) atoms. The molecule has 0 saturated heterocycles. The second-order valence-electron chi connectivity index (χ2n) is 5.73. The lowest BCUT2D eigenvalue weighted by Crippen LogP contribution is -2.16. The summed E-state index contributed by atoms with van der Waals surface area (Å²) in [5, 5.41) is 4.19. The Morgan fingerprint density at radius 1 is 1.17 bits per heavy atom. The van der Waals surface area contributed by atoms with Crippen LogP contribution < -0.4 is 10.9 Å². The van der Waals surface area contributed by atoms with Crippen LogP contribution in [0.15, 0.2) is 51.7 Å². The standard InChI is InChI=1S/C19H16ClNO3/c1-11-6-7-14-13(10-19(23)24-17(14)8-11)9-18(22)21-16-5-3-4-15(20)12(16)2/h3-8,10H,9H2,1-2H3,(H,21,22). The molecule has 3 rings (SSSR count). The second kappa shape index (κ2) is 6.49. The van der Waals surface area contributed by atoms with E-state index in [1.165, 1.54) is 6.07 Å². The van der Waals surface area contributed by atoms with Gasteiger partial charge in [0.2, 0.25) is 5.91 Å². The maximum atomic E-state index is 12.4. The molecule has 0 bridgehead atoms. The molecule has 0 spiro atoms. The van der Waals surface area contributed by atoms with Gasteiger partial charge in [0.05, 0.1) is 6.42 Å². The number of hydrogen-bond donors (Lipinski definition) is 1. The van der Waals surface area contributed by atoms with Crippen molar-refractivity contribution in [3.8, 4) is 0 Å². The Bertz CT molecular complexity index is 992. The number of halogens is 1. The molecule has 0 unspecified atom stereocenters. The van der Waals surface area contributed by atoms with Crippen molar-refractivity contribution in [2.45, 2.75) is 20.3 Å². The summed E-state index contributed by atoms with van der Waals surface area (Å²) in [7, 11) is 0. The van der Waals surface area contributed by atoms with Gasteiger partial charge in [-0.05, 0) is 48.7 Å². The van der Waals surface area contributed by atoms with Gasteiger partial charge < -0.3 is 9.73 Å². The lowest BCUT2D eigenvalue weighted by atomic mass is 10.1. The fourth-order valence-corrected chi connectivity index (χ4v) is 2.77. The van der Waals surface area contributed by atoms with E-state index >= 15 is 0 Å². The van der Waals surface area contributed by atoms with Crippen LogP contribution in [0.25, 0.3) is 11.0 Å². The number of rotatable bonds is 3. The van der Waals surface area contributed by atoms with Crippen LogP contribution in [0.4, 0.5) is 5.69 Å². The molecule has 4 nitrogen and oxygen atoms in total. The Morgan fingerprint density at radius 3 is 2.75 bits per heavy atom. The molecule has 2 aromatic carbocycles. The molecule has 1 aromatic heterocycles. The summed E-state index contributed by atoms with van der Waals surface area (Å²) >= 11 is 6.07. The van der Waals surface area contributed by atoms with Crippen LogP contribution in [0.3, 0.4) is 0 Å². The number of fused-ring (bicyclic) bond motifs is 1.